The van der Waals surface area contributed by atoms with E-state index < -0.39 is 0 Å². The zero-order valence-electron chi connectivity index (χ0n) is 15.5. The van der Waals surface area contributed by atoms with Gasteiger partial charge in [0.2, 0.25) is 0 Å². The van der Waals surface area contributed by atoms with Crippen molar-refractivity contribution in [1.29, 1.82) is 0 Å². The molecule has 2 heterocycles. The van der Waals surface area contributed by atoms with Gasteiger partial charge in [0.1, 0.15) is 5.82 Å². The lowest BCUT2D eigenvalue weighted by atomic mass is 10.0. The summed E-state index contributed by atoms with van der Waals surface area (Å²) in [7, 11) is 0. The Kier molecular flexibility index (Phi) is 4.80. The summed E-state index contributed by atoms with van der Waals surface area (Å²) >= 11 is 6.00. The number of amides is 1. The molecule has 1 amide bonds. The number of pyridine rings is 2. The van der Waals surface area contributed by atoms with Crippen LogP contribution in [0.4, 0.5) is 5.82 Å². The molecule has 4 rings (SSSR count). The van der Waals surface area contributed by atoms with Crippen molar-refractivity contribution in [3.05, 3.63) is 88.6 Å². The van der Waals surface area contributed by atoms with Crippen molar-refractivity contribution >= 4 is 34.2 Å². The molecule has 0 atom stereocenters. The van der Waals surface area contributed by atoms with Crippen LogP contribution in [0.5, 0.6) is 0 Å². The lowest BCUT2D eigenvalue weighted by Crippen LogP contribution is -2.14. The second kappa shape index (κ2) is 7.41. The van der Waals surface area contributed by atoms with E-state index in [1.807, 2.05) is 80.6 Å². The van der Waals surface area contributed by atoms with Crippen molar-refractivity contribution in [1.82, 2.24) is 9.97 Å². The summed E-state index contributed by atoms with van der Waals surface area (Å²) in [6.45, 7) is 3.88. The Morgan fingerprint density at radius 2 is 1.68 bits per heavy atom. The van der Waals surface area contributed by atoms with Gasteiger partial charge in [0.05, 0.1) is 16.8 Å². The van der Waals surface area contributed by atoms with Gasteiger partial charge in [0, 0.05) is 21.7 Å². The number of hydrogen-bond acceptors (Lipinski definition) is 3. The zero-order valence-corrected chi connectivity index (χ0v) is 16.3. The summed E-state index contributed by atoms with van der Waals surface area (Å²) in [6.07, 6.45) is 0. The predicted molar refractivity (Wildman–Crippen MR) is 114 cm³/mol. The number of carbonyl (C=O) groups is 1. The van der Waals surface area contributed by atoms with Crippen LogP contribution in [0, 0.1) is 13.8 Å². The Bertz CT molecular complexity index is 1170. The number of benzene rings is 2. The van der Waals surface area contributed by atoms with Crippen molar-refractivity contribution in [2.75, 3.05) is 5.32 Å². The van der Waals surface area contributed by atoms with Gasteiger partial charge >= 0.3 is 0 Å². The van der Waals surface area contributed by atoms with Gasteiger partial charge < -0.3 is 5.32 Å². The largest absolute Gasteiger partial charge is 0.307 e. The van der Waals surface area contributed by atoms with Crippen molar-refractivity contribution in [2.45, 2.75) is 13.8 Å². The van der Waals surface area contributed by atoms with Crippen LogP contribution in [0.25, 0.3) is 22.2 Å². The molecule has 4 aromatic rings. The third kappa shape index (κ3) is 3.73. The Morgan fingerprint density at radius 1 is 0.929 bits per heavy atom. The van der Waals surface area contributed by atoms with E-state index in [4.69, 9.17) is 16.6 Å². The van der Waals surface area contributed by atoms with Crippen molar-refractivity contribution in [3.8, 4) is 11.3 Å². The van der Waals surface area contributed by atoms with E-state index in [-0.39, 0.29) is 5.91 Å². The van der Waals surface area contributed by atoms with Crippen LogP contribution in [-0.4, -0.2) is 15.9 Å². The molecule has 0 bridgehead atoms. The topological polar surface area (TPSA) is 54.9 Å². The van der Waals surface area contributed by atoms with E-state index in [1.54, 1.807) is 0 Å². The fraction of sp³-hybridized carbons (Fsp3) is 0.0870. The highest BCUT2D eigenvalue weighted by Gasteiger charge is 2.15. The number of nitrogens with zero attached hydrogens (tertiary/aromatic N) is 2. The number of anilines is 1. The lowest BCUT2D eigenvalue weighted by Gasteiger charge is -2.11. The molecule has 0 aliphatic rings. The molecule has 0 aliphatic carbocycles. The molecule has 28 heavy (non-hydrogen) atoms. The van der Waals surface area contributed by atoms with Gasteiger partial charge in [-0.05, 0) is 55.8 Å². The van der Waals surface area contributed by atoms with Crippen molar-refractivity contribution in [3.63, 3.8) is 0 Å². The van der Waals surface area contributed by atoms with Gasteiger partial charge in [-0.3, -0.25) is 4.79 Å². The average Bonchev–Trinajstić information content (AvgIpc) is 2.67. The Balaban J connectivity index is 1.80. The smallest absolute Gasteiger partial charge is 0.257 e. The molecule has 138 valence electrons. The highest BCUT2D eigenvalue weighted by Crippen LogP contribution is 2.26. The molecule has 0 saturated carbocycles. The number of aromatic nitrogens is 2. The molecule has 0 radical (unpaired) electrons. The highest BCUT2D eigenvalue weighted by atomic mass is 35.5. The van der Waals surface area contributed by atoms with Crippen LogP contribution >= 0.6 is 11.6 Å². The third-order valence-corrected chi connectivity index (χ3v) is 4.69. The second-order valence-electron chi connectivity index (χ2n) is 6.70. The first-order valence-electron chi connectivity index (χ1n) is 8.92. The van der Waals surface area contributed by atoms with E-state index in [1.165, 1.54) is 0 Å². The van der Waals surface area contributed by atoms with Gasteiger partial charge in [-0.25, -0.2) is 9.97 Å². The minimum atomic E-state index is -0.216. The number of hydrogen-bond donors (Lipinski definition) is 1. The standard InChI is InChI=1S/C23H18ClN3O/c1-14-11-15(2)25-22(12-14)27-23(28)19-13-21(16-7-9-17(24)10-8-16)26-20-6-4-3-5-18(19)20/h3-13H,1-2H3,(H,25,27,28). The number of halogens is 1. The number of rotatable bonds is 3. The maximum atomic E-state index is 13.1. The first-order chi connectivity index (χ1) is 13.5. The number of nitrogens with one attached hydrogen (secondary N) is 1. The number of fused-ring (bicyclic) bond motifs is 1. The minimum Gasteiger partial charge on any atom is -0.307 e. The summed E-state index contributed by atoms with van der Waals surface area (Å²) in [5.41, 5.74) is 4.83. The van der Waals surface area contributed by atoms with E-state index in [0.717, 1.165) is 27.7 Å². The minimum absolute atomic E-state index is 0.216. The summed E-state index contributed by atoms with van der Waals surface area (Å²) in [6, 6.07) is 20.7. The van der Waals surface area contributed by atoms with Gasteiger partial charge in [0.15, 0.2) is 0 Å². The Morgan fingerprint density at radius 3 is 2.43 bits per heavy atom. The SMILES string of the molecule is Cc1cc(C)nc(NC(=O)c2cc(-c3ccc(Cl)cc3)nc3ccccc23)c1. The number of para-hydroxylation sites is 1. The van der Waals surface area contributed by atoms with Crippen molar-refractivity contribution < 1.29 is 4.79 Å². The monoisotopic (exact) mass is 387 g/mol. The first-order valence-corrected chi connectivity index (χ1v) is 9.30. The number of aryl methyl sites for hydroxylation is 2. The van der Waals surface area contributed by atoms with E-state index in [0.29, 0.717) is 22.1 Å². The molecule has 0 aliphatic heterocycles. The number of carbonyl (C=O) groups excluding carboxylic acids is 1. The van der Waals surface area contributed by atoms with Gasteiger partial charge in [-0.15, -0.1) is 0 Å². The van der Waals surface area contributed by atoms with E-state index in [2.05, 4.69) is 10.3 Å². The highest BCUT2D eigenvalue weighted by molar-refractivity contribution is 6.30. The van der Waals surface area contributed by atoms with Crippen LogP contribution < -0.4 is 5.32 Å². The third-order valence-electron chi connectivity index (χ3n) is 4.44. The molecule has 0 saturated heterocycles. The summed E-state index contributed by atoms with van der Waals surface area (Å²) in [5, 5.41) is 4.37. The molecule has 0 fully saturated rings. The van der Waals surface area contributed by atoms with Crippen LogP contribution in [0.2, 0.25) is 5.02 Å². The van der Waals surface area contributed by atoms with Crippen LogP contribution in [-0.2, 0) is 0 Å². The lowest BCUT2D eigenvalue weighted by molar-refractivity contribution is 0.102. The molecule has 1 N–H and O–H groups in total. The van der Waals surface area contributed by atoms with Crippen LogP contribution in [0.15, 0.2) is 66.7 Å². The fourth-order valence-electron chi connectivity index (χ4n) is 3.22. The average molecular weight is 388 g/mol. The zero-order chi connectivity index (χ0) is 19.7. The molecular formula is C23H18ClN3O. The first kappa shape index (κ1) is 18.1. The predicted octanol–water partition coefficient (Wildman–Crippen LogP) is 5.82. The fourth-order valence-corrected chi connectivity index (χ4v) is 3.35. The van der Waals surface area contributed by atoms with Crippen molar-refractivity contribution in [2.24, 2.45) is 0 Å². The molecule has 2 aromatic heterocycles. The maximum absolute atomic E-state index is 13.1. The normalized spacial score (nSPS) is 10.8. The summed E-state index contributed by atoms with van der Waals surface area (Å²) in [4.78, 5) is 22.2. The van der Waals surface area contributed by atoms with Gasteiger partial charge in [-0.1, -0.05) is 41.9 Å². The van der Waals surface area contributed by atoms with Gasteiger partial charge in [0.25, 0.3) is 5.91 Å². The quantitative estimate of drug-likeness (QED) is 0.482. The summed E-state index contributed by atoms with van der Waals surface area (Å²) < 4.78 is 0. The van der Waals surface area contributed by atoms with E-state index in [9.17, 15) is 4.79 Å². The Labute approximate surface area is 168 Å². The second-order valence-corrected chi connectivity index (χ2v) is 7.14. The van der Waals surface area contributed by atoms with Crippen LogP contribution in [0.3, 0.4) is 0 Å². The van der Waals surface area contributed by atoms with Gasteiger partial charge in [-0.2, -0.15) is 0 Å². The Hall–Kier alpha value is -3.24. The van der Waals surface area contributed by atoms with Crippen LogP contribution in [0.1, 0.15) is 21.6 Å². The molecule has 4 nitrogen and oxygen atoms in total. The molecular weight excluding hydrogens is 370 g/mol. The molecule has 5 heteroatoms. The van der Waals surface area contributed by atoms with E-state index >= 15 is 0 Å². The molecule has 0 unspecified atom stereocenters. The maximum Gasteiger partial charge on any atom is 0.257 e. The molecule has 2 aromatic carbocycles. The molecule has 0 spiro atoms. The summed E-state index contributed by atoms with van der Waals surface area (Å²) in [5.74, 6) is 0.322.